The van der Waals surface area contributed by atoms with Crippen LogP contribution < -0.4 is 10.6 Å². The van der Waals surface area contributed by atoms with Crippen molar-refractivity contribution < 1.29 is 35.9 Å². The van der Waals surface area contributed by atoms with E-state index in [0.29, 0.717) is 25.7 Å². The van der Waals surface area contributed by atoms with E-state index in [0.717, 1.165) is 18.2 Å². The molecule has 8 nitrogen and oxygen atoms in total. The Labute approximate surface area is 196 Å². The molecule has 3 aromatic rings. The van der Waals surface area contributed by atoms with Crippen molar-refractivity contribution in [2.24, 2.45) is 4.99 Å². The maximum atomic E-state index is 13.5. The molecule has 0 aliphatic carbocycles. The van der Waals surface area contributed by atoms with Crippen LogP contribution in [-0.4, -0.2) is 41.8 Å². The lowest BCUT2D eigenvalue weighted by molar-refractivity contribution is -0.153. The molecular weight excluding hydrogens is 477 g/mol. The predicted octanol–water partition coefficient (Wildman–Crippen LogP) is 4.90. The van der Waals surface area contributed by atoms with Crippen molar-refractivity contribution in [2.45, 2.75) is 26.4 Å². The molecule has 13 heteroatoms. The fourth-order valence-corrected chi connectivity index (χ4v) is 3.04. The number of alkyl halides is 3. The van der Waals surface area contributed by atoms with E-state index in [2.05, 4.69) is 30.2 Å². The number of carbonyl (C=O) groups excluding carboxylic acids is 1. The number of anilines is 1. The molecule has 0 fully saturated rings. The van der Waals surface area contributed by atoms with Gasteiger partial charge in [-0.05, 0) is 38.5 Å². The van der Waals surface area contributed by atoms with Crippen LogP contribution in [0.25, 0.3) is 11.3 Å². The first-order valence-electron chi connectivity index (χ1n) is 10.5. The van der Waals surface area contributed by atoms with Gasteiger partial charge in [-0.2, -0.15) is 18.3 Å². The number of aromatic nitrogens is 2. The Balaban J connectivity index is 1.81. The van der Waals surface area contributed by atoms with E-state index < -0.39 is 35.0 Å². The second-order valence-corrected chi connectivity index (χ2v) is 7.28. The molecule has 0 unspecified atom stereocenters. The smallest absolute Gasteiger partial charge is 0.450 e. The number of ether oxygens (including phenoxy) is 1. The third-order valence-electron chi connectivity index (χ3n) is 4.51. The minimum absolute atomic E-state index is 0.0907. The molecule has 0 spiro atoms. The summed E-state index contributed by atoms with van der Waals surface area (Å²) in [5.41, 5.74) is -0.291. The molecule has 0 radical (unpaired) electrons. The number of aliphatic imine (C=N–C) groups is 1. The lowest BCUT2D eigenvalue weighted by Gasteiger charge is -2.11. The second kappa shape index (κ2) is 11.1. The van der Waals surface area contributed by atoms with Crippen LogP contribution in [-0.2, 0) is 10.9 Å². The third kappa shape index (κ3) is 7.12. The highest BCUT2D eigenvalue weighted by Gasteiger charge is 2.40. The number of aryl methyl sites for hydroxylation is 1. The van der Waals surface area contributed by atoms with Crippen LogP contribution >= 0.6 is 0 Å². The standard InChI is InChI=1S/C22H22F5N5O3/c1-3-34-6-4-5-28-21(30-20(33)16-7-12(2)35-19(16)22(25,26)27)29-18-11-17(31-32-18)13-8-14(23)10-15(24)9-13/h7-11H,3-6H2,1-2H3,(H3,28,29,30,31,32,33). The normalized spacial score (nSPS) is 12.1. The van der Waals surface area contributed by atoms with Gasteiger partial charge in [-0.15, -0.1) is 0 Å². The predicted molar refractivity (Wildman–Crippen MR) is 117 cm³/mol. The third-order valence-corrected chi connectivity index (χ3v) is 4.51. The summed E-state index contributed by atoms with van der Waals surface area (Å²) in [7, 11) is 0. The number of carbonyl (C=O) groups is 1. The number of halogens is 5. The first-order valence-corrected chi connectivity index (χ1v) is 10.5. The van der Waals surface area contributed by atoms with E-state index in [1.54, 1.807) is 0 Å². The van der Waals surface area contributed by atoms with E-state index in [1.807, 2.05) is 6.92 Å². The van der Waals surface area contributed by atoms with Gasteiger partial charge >= 0.3 is 6.18 Å². The molecule has 188 valence electrons. The van der Waals surface area contributed by atoms with Crippen molar-refractivity contribution in [1.29, 1.82) is 0 Å². The average Bonchev–Trinajstić information content (AvgIpc) is 3.39. The molecular formula is C22H22F5N5O3. The van der Waals surface area contributed by atoms with Crippen molar-refractivity contribution in [1.82, 2.24) is 15.5 Å². The number of nitrogens with one attached hydrogen (secondary N) is 3. The highest BCUT2D eigenvalue weighted by Crippen LogP contribution is 2.34. The van der Waals surface area contributed by atoms with Crippen LogP contribution in [0.4, 0.5) is 27.8 Å². The Morgan fingerprint density at radius 3 is 2.54 bits per heavy atom. The number of nitrogens with zero attached hydrogens (tertiary/aromatic N) is 2. The zero-order chi connectivity index (χ0) is 25.6. The molecule has 2 heterocycles. The van der Waals surface area contributed by atoms with Crippen molar-refractivity contribution in [3.8, 4) is 11.3 Å². The molecule has 1 amide bonds. The molecule has 0 aliphatic rings. The Bertz CT molecular complexity index is 1180. The fourth-order valence-electron chi connectivity index (χ4n) is 3.04. The van der Waals surface area contributed by atoms with E-state index in [-0.39, 0.29) is 35.3 Å². The Morgan fingerprint density at radius 2 is 1.89 bits per heavy atom. The fraction of sp³-hybridized carbons (Fsp3) is 0.318. The molecule has 1 aromatic carbocycles. The molecule has 0 saturated carbocycles. The van der Waals surface area contributed by atoms with Gasteiger partial charge in [-0.1, -0.05) is 0 Å². The summed E-state index contributed by atoms with van der Waals surface area (Å²) in [5, 5.41) is 11.5. The Kier molecular flexibility index (Phi) is 8.22. The number of benzene rings is 1. The highest BCUT2D eigenvalue weighted by molar-refractivity contribution is 6.10. The van der Waals surface area contributed by atoms with Crippen molar-refractivity contribution in [2.75, 3.05) is 25.1 Å². The topological polar surface area (TPSA) is 105 Å². The summed E-state index contributed by atoms with van der Waals surface area (Å²) in [6.45, 7) is 4.17. The number of hydrogen-bond acceptors (Lipinski definition) is 5. The minimum Gasteiger partial charge on any atom is -0.456 e. The van der Waals surface area contributed by atoms with Crippen LogP contribution in [0, 0.1) is 18.6 Å². The van der Waals surface area contributed by atoms with Crippen molar-refractivity contribution in [3.05, 3.63) is 59.1 Å². The van der Waals surface area contributed by atoms with Crippen molar-refractivity contribution >= 4 is 17.7 Å². The first-order chi connectivity index (χ1) is 16.6. The molecule has 0 atom stereocenters. The molecule has 2 aromatic heterocycles. The summed E-state index contributed by atoms with van der Waals surface area (Å²) in [6, 6.07) is 5.25. The number of amides is 1. The van der Waals surface area contributed by atoms with Gasteiger partial charge in [0, 0.05) is 37.5 Å². The van der Waals surface area contributed by atoms with Gasteiger partial charge in [0.1, 0.15) is 17.4 Å². The number of hydrogen-bond donors (Lipinski definition) is 3. The quantitative estimate of drug-likeness (QED) is 0.177. The van der Waals surface area contributed by atoms with Gasteiger partial charge < -0.3 is 14.5 Å². The van der Waals surface area contributed by atoms with Gasteiger partial charge in [0.2, 0.25) is 11.7 Å². The van der Waals surface area contributed by atoms with Gasteiger partial charge in [-0.3, -0.25) is 20.2 Å². The van der Waals surface area contributed by atoms with Crippen LogP contribution in [0.2, 0.25) is 0 Å². The van der Waals surface area contributed by atoms with Gasteiger partial charge in [-0.25, -0.2) is 8.78 Å². The van der Waals surface area contributed by atoms with Gasteiger partial charge in [0.25, 0.3) is 5.91 Å². The molecule has 3 rings (SSSR count). The van der Waals surface area contributed by atoms with E-state index in [9.17, 15) is 26.7 Å². The summed E-state index contributed by atoms with van der Waals surface area (Å²) in [5.74, 6) is -4.31. The minimum atomic E-state index is -4.87. The van der Waals surface area contributed by atoms with Crippen LogP contribution in [0.5, 0.6) is 0 Å². The SMILES string of the molecule is CCOCCCN=C(NC(=O)c1cc(C)oc1C(F)(F)F)Nc1cc(-c2cc(F)cc(F)c2)[nH]n1. The van der Waals surface area contributed by atoms with E-state index in [1.165, 1.54) is 13.0 Å². The summed E-state index contributed by atoms with van der Waals surface area (Å²) < 4.78 is 76.7. The van der Waals surface area contributed by atoms with Crippen molar-refractivity contribution in [3.63, 3.8) is 0 Å². The van der Waals surface area contributed by atoms with Gasteiger partial charge in [0.05, 0.1) is 11.3 Å². The number of aromatic amines is 1. The lowest BCUT2D eigenvalue weighted by atomic mass is 10.1. The Morgan fingerprint density at radius 1 is 1.17 bits per heavy atom. The monoisotopic (exact) mass is 499 g/mol. The highest BCUT2D eigenvalue weighted by atomic mass is 19.4. The van der Waals surface area contributed by atoms with Crippen LogP contribution in [0.1, 0.15) is 35.2 Å². The molecule has 0 bridgehead atoms. The zero-order valence-electron chi connectivity index (χ0n) is 18.7. The molecule has 0 saturated heterocycles. The lowest BCUT2D eigenvalue weighted by Crippen LogP contribution is -2.37. The summed E-state index contributed by atoms with van der Waals surface area (Å²) >= 11 is 0. The van der Waals surface area contributed by atoms with Crippen LogP contribution in [0.3, 0.4) is 0 Å². The summed E-state index contributed by atoms with van der Waals surface area (Å²) in [6.07, 6.45) is -4.40. The average molecular weight is 499 g/mol. The molecule has 3 N–H and O–H groups in total. The maximum Gasteiger partial charge on any atom is 0.450 e. The number of furan rings is 1. The number of guanidine groups is 1. The summed E-state index contributed by atoms with van der Waals surface area (Å²) in [4.78, 5) is 16.8. The second-order valence-electron chi connectivity index (χ2n) is 7.28. The number of rotatable bonds is 8. The van der Waals surface area contributed by atoms with Gasteiger partial charge in [0.15, 0.2) is 5.82 Å². The van der Waals surface area contributed by atoms with E-state index >= 15 is 0 Å². The largest absolute Gasteiger partial charge is 0.456 e. The number of H-pyrrole nitrogens is 1. The maximum absolute atomic E-state index is 13.5. The molecule has 35 heavy (non-hydrogen) atoms. The van der Waals surface area contributed by atoms with E-state index in [4.69, 9.17) is 4.74 Å². The Hall–Kier alpha value is -3.74. The van der Waals surface area contributed by atoms with Crippen LogP contribution in [0.15, 0.2) is 39.7 Å². The first kappa shape index (κ1) is 25.9. The molecule has 0 aliphatic heterocycles. The zero-order valence-corrected chi connectivity index (χ0v) is 18.7.